The molecule has 0 amide bonds. The summed E-state index contributed by atoms with van der Waals surface area (Å²) in [5, 5.41) is 2.79. The minimum Gasteiger partial charge on any atom is -0.467 e. The lowest BCUT2D eigenvalue weighted by molar-refractivity contribution is 0.380. The monoisotopic (exact) mass is 234 g/mol. The molecule has 2 heterocycles. The Hall–Kier alpha value is -1.85. The van der Waals surface area contributed by atoms with E-state index in [9.17, 15) is 4.79 Å². The Morgan fingerprint density at radius 1 is 1.24 bits per heavy atom. The molecule has 0 radical (unpaired) electrons. The molecule has 17 heavy (non-hydrogen) atoms. The van der Waals surface area contributed by atoms with E-state index in [2.05, 4.69) is 15.1 Å². The molecule has 0 aliphatic heterocycles. The Morgan fingerprint density at radius 2 is 2.06 bits per heavy atom. The van der Waals surface area contributed by atoms with Crippen molar-refractivity contribution in [3.8, 4) is 6.01 Å². The first-order valence-electron chi connectivity index (χ1n) is 5.84. The van der Waals surface area contributed by atoms with Gasteiger partial charge in [0.2, 0.25) is 0 Å². The van der Waals surface area contributed by atoms with Crippen LogP contribution in [-0.4, -0.2) is 26.7 Å². The SMILES string of the molecule is COc1nc2nc3c(c(=O)n2[nH]1)CCCCC3. The standard InChI is InChI=1S/C11H14N4O2/c1-17-11-13-10-12-8-6-4-2-3-5-7(8)9(16)15(10)14-11/h2-6H2,1H3,(H,12,13,14). The van der Waals surface area contributed by atoms with Crippen LogP contribution >= 0.6 is 0 Å². The summed E-state index contributed by atoms with van der Waals surface area (Å²) in [6.07, 6.45) is 4.99. The van der Waals surface area contributed by atoms with Crippen LogP contribution in [0.5, 0.6) is 6.01 Å². The van der Waals surface area contributed by atoms with Crippen LogP contribution < -0.4 is 10.3 Å². The van der Waals surface area contributed by atoms with E-state index in [1.165, 1.54) is 11.6 Å². The van der Waals surface area contributed by atoms with Crippen molar-refractivity contribution in [3.05, 3.63) is 21.6 Å². The van der Waals surface area contributed by atoms with Gasteiger partial charge in [-0.1, -0.05) is 6.42 Å². The summed E-state index contributed by atoms with van der Waals surface area (Å²) >= 11 is 0. The maximum Gasteiger partial charge on any atom is 0.312 e. The second-order valence-corrected chi connectivity index (χ2v) is 4.27. The lowest BCUT2D eigenvalue weighted by Crippen LogP contribution is -2.22. The first-order valence-corrected chi connectivity index (χ1v) is 5.84. The summed E-state index contributed by atoms with van der Waals surface area (Å²) in [6.45, 7) is 0. The van der Waals surface area contributed by atoms with Crippen LogP contribution in [0.1, 0.15) is 30.5 Å². The molecule has 2 aromatic rings. The van der Waals surface area contributed by atoms with Crippen molar-refractivity contribution in [2.24, 2.45) is 0 Å². The molecule has 1 aliphatic carbocycles. The third kappa shape index (κ3) is 1.60. The molecule has 0 spiro atoms. The maximum atomic E-state index is 12.3. The molecule has 2 aromatic heterocycles. The van der Waals surface area contributed by atoms with E-state index in [1.807, 2.05) is 0 Å². The Kier molecular flexibility index (Phi) is 2.35. The van der Waals surface area contributed by atoms with Gasteiger partial charge in [-0.3, -0.25) is 4.79 Å². The molecule has 0 fully saturated rings. The fourth-order valence-corrected chi connectivity index (χ4v) is 2.29. The van der Waals surface area contributed by atoms with E-state index in [0.29, 0.717) is 11.8 Å². The van der Waals surface area contributed by atoms with Gasteiger partial charge in [-0.25, -0.2) is 10.1 Å². The van der Waals surface area contributed by atoms with Crippen molar-refractivity contribution in [1.29, 1.82) is 0 Å². The van der Waals surface area contributed by atoms with Gasteiger partial charge in [0.25, 0.3) is 11.3 Å². The minimum absolute atomic E-state index is 0.0392. The van der Waals surface area contributed by atoms with Gasteiger partial charge in [-0.15, -0.1) is 0 Å². The maximum absolute atomic E-state index is 12.3. The summed E-state index contributed by atoms with van der Waals surface area (Å²) in [5.74, 6) is 0.396. The molecule has 6 nitrogen and oxygen atoms in total. The zero-order chi connectivity index (χ0) is 11.8. The quantitative estimate of drug-likeness (QED) is 0.737. The number of nitrogens with one attached hydrogen (secondary N) is 1. The van der Waals surface area contributed by atoms with Crippen molar-refractivity contribution in [3.63, 3.8) is 0 Å². The molecular weight excluding hydrogens is 220 g/mol. The van der Waals surface area contributed by atoms with Gasteiger partial charge >= 0.3 is 6.01 Å². The predicted molar refractivity (Wildman–Crippen MR) is 61.4 cm³/mol. The number of aromatic amines is 1. The van der Waals surface area contributed by atoms with Gasteiger partial charge in [-0.2, -0.15) is 9.50 Å². The highest BCUT2D eigenvalue weighted by Gasteiger charge is 2.17. The minimum atomic E-state index is -0.0392. The van der Waals surface area contributed by atoms with E-state index < -0.39 is 0 Å². The fourth-order valence-electron chi connectivity index (χ4n) is 2.29. The van der Waals surface area contributed by atoms with Crippen LogP contribution in [0, 0.1) is 0 Å². The lowest BCUT2D eigenvalue weighted by Gasteiger charge is -2.02. The normalized spacial score (nSPS) is 15.6. The number of nitrogens with zero attached hydrogens (tertiary/aromatic N) is 3. The van der Waals surface area contributed by atoms with Crippen LogP contribution in [0.4, 0.5) is 0 Å². The molecule has 0 aromatic carbocycles. The summed E-state index contributed by atoms with van der Waals surface area (Å²) in [5.41, 5.74) is 1.69. The van der Waals surface area contributed by atoms with Gasteiger partial charge in [-0.05, 0) is 25.7 Å². The first-order chi connectivity index (χ1) is 8.29. The summed E-state index contributed by atoms with van der Waals surface area (Å²) < 4.78 is 6.34. The van der Waals surface area contributed by atoms with Crippen LogP contribution in [0.2, 0.25) is 0 Å². The smallest absolute Gasteiger partial charge is 0.312 e. The van der Waals surface area contributed by atoms with E-state index in [4.69, 9.17) is 4.74 Å². The highest BCUT2D eigenvalue weighted by atomic mass is 16.5. The second-order valence-electron chi connectivity index (χ2n) is 4.27. The number of methoxy groups -OCH3 is 1. The third-order valence-corrected chi connectivity index (χ3v) is 3.19. The first kappa shape index (κ1) is 10.3. The van der Waals surface area contributed by atoms with Crippen LogP contribution in [-0.2, 0) is 12.8 Å². The highest BCUT2D eigenvalue weighted by Crippen LogP contribution is 2.16. The van der Waals surface area contributed by atoms with Gasteiger partial charge in [0.1, 0.15) is 0 Å². The van der Waals surface area contributed by atoms with E-state index in [0.717, 1.165) is 43.4 Å². The number of fused-ring (bicyclic) bond motifs is 2. The fraction of sp³-hybridized carbons (Fsp3) is 0.545. The van der Waals surface area contributed by atoms with Gasteiger partial charge in [0.05, 0.1) is 12.8 Å². The Labute approximate surface area is 97.6 Å². The Bertz CT molecular complexity index is 614. The second kappa shape index (κ2) is 3.87. The zero-order valence-corrected chi connectivity index (χ0v) is 9.69. The van der Waals surface area contributed by atoms with Gasteiger partial charge < -0.3 is 4.74 Å². The molecule has 3 rings (SSSR count). The van der Waals surface area contributed by atoms with Crippen molar-refractivity contribution < 1.29 is 4.74 Å². The molecular formula is C11H14N4O2. The van der Waals surface area contributed by atoms with Crippen LogP contribution in [0.3, 0.4) is 0 Å². The summed E-state index contributed by atoms with van der Waals surface area (Å²) in [6, 6.07) is 0.315. The lowest BCUT2D eigenvalue weighted by atomic mass is 10.1. The molecule has 90 valence electrons. The molecule has 0 saturated carbocycles. The molecule has 0 bridgehead atoms. The van der Waals surface area contributed by atoms with Crippen molar-refractivity contribution >= 4 is 5.78 Å². The molecule has 0 unspecified atom stereocenters. The molecule has 1 N–H and O–H groups in total. The number of aromatic nitrogens is 4. The number of aryl methyl sites for hydroxylation is 1. The highest BCUT2D eigenvalue weighted by molar-refractivity contribution is 5.34. The van der Waals surface area contributed by atoms with E-state index in [1.54, 1.807) is 0 Å². The Balaban J connectivity index is 2.27. The number of H-pyrrole nitrogens is 1. The molecule has 6 heteroatoms. The van der Waals surface area contributed by atoms with Gasteiger partial charge in [0.15, 0.2) is 0 Å². The zero-order valence-electron chi connectivity index (χ0n) is 9.69. The van der Waals surface area contributed by atoms with Gasteiger partial charge in [0, 0.05) is 5.56 Å². The molecule has 0 saturated heterocycles. The number of hydrogen-bond donors (Lipinski definition) is 1. The number of hydrogen-bond acceptors (Lipinski definition) is 4. The summed E-state index contributed by atoms with van der Waals surface area (Å²) in [7, 11) is 1.51. The predicted octanol–water partition coefficient (Wildman–Crippen LogP) is 0.695. The summed E-state index contributed by atoms with van der Waals surface area (Å²) in [4.78, 5) is 20.8. The van der Waals surface area contributed by atoms with Crippen LogP contribution in [0.15, 0.2) is 4.79 Å². The van der Waals surface area contributed by atoms with Crippen molar-refractivity contribution in [2.75, 3.05) is 7.11 Å². The number of rotatable bonds is 1. The molecule has 0 atom stereocenters. The number of ether oxygens (including phenoxy) is 1. The topological polar surface area (TPSA) is 72.3 Å². The average molecular weight is 234 g/mol. The van der Waals surface area contributed by atoms with Crippen molar-refractivity contribution in [2.45, 2.75) is 32.1 Å². The largest absolute Gasteiger partial charge is 0.467 e. The van der Waals surface area contributed by atoms with Crippen molar-refractivity contribution in [1.82, 2.24) is 19.6 Å². The third-order valence-electron chi connectivity index (χ3n) is 3.19. The molecule has 1 aliphatic rings. The van der Waals surface area contributed by atoms with E-state index in [-0.39, 0.29) is 5.56 Å². The van der Waals surface area contributed by atoms with Crippen LogP contribution in [0.25, 0.3) is 5.78 Å². The average Bonchev–Trinajstić information content (AvgIpc) is 2.60. The van der Waals surface area contributed by atoms with E-state index >= 15 is 0 Å². The Morgan fingerprint density at radius 3 is 2.88 bits per heavy atom.